The van der Waals surface area contributed by atoms with Crippen LogP contribution in [0.3, 0.4) is 0 Å². The number of nitrogens with one attached hydrogen (secondary N) is 1. The van der Waals surface area contributed by atoms with Crippen LogP contribution in [0.5, 0.6) is 11.5 Å². The molecule has 120 valence electrons. The molecule has 0 saturated carbocycles. The molecule has 1 saturated heterocycles. The fourth-order valence-electron chi connectivity index (χ4n) is 2.80. The normalized spacial score (nSPS) is 21.5. The summed E-state index contributed by atoms with van der Waals surface area (Å²) in [5.41, 5.74) is 0.977. The first-order valence-corrected chi connectivity index (χ1v) is 8.43. The first-order chi connectivity index (χ1) is 10.6. The summed E-state index contributed by atoms with van der Waals surface area (Å²) in [5, 5.41) is 3.03. The van der Waals surface area contributed by atoms with Gasteiger partial charge in [-0.15, -0.1) is 0 Å². The van der Waals surface area contributed by atoms with E-state index in [1.807, 2.05) is 19.1 Å². The molecule has 1 aromatic rings. The molecule has 2 aliphatic heterocycles. The first-order valence-electron chi connectivity index (χ1n) is 7.63. The summed E-state index contributed by atoms with van der Waals surface area (Å²) in [5.74, 6) is 1.48. The minimum atomic E-state index is -0.112. The van der Waals surface area contributed by atoms with E-state index in [-0.39, 0.29) is 18.1 Å². The smallest absolute Gasteiger partial charge is 0.223 e. The van der Waals surface area contributed by atoms with Gasteiger partial charge in [-0.2, -0.15) is 0 Å². The highest BCUT2D eigenvalue weighted by Gasteiger charge is 2.22. The topological polar surface area (TPSA) is 56.8 Å². The molecule has 1 aromatic carbocycles. The second kappa shape index (κ2) is 6.87. The highest BCUT2D eigenvalue weighted by Crippen LogP contribution is 2.37. The van der Waals surface area contributed by atoms with Gasteiger partial charge in [-0.3, -0.25) is 4.79 Å². The van der Waals surface area contributed by atoms with Crippen LogP contribution in [0.4, 0.5) is 0 Å². The van der Waals surface area contributed by atoms with Crippen LogP contribution in [0.2, 0.25) is 0 Å². The fourth-order valence-corrected chi connectivity index (χ4v) is 3.47. The third kappa shape index (κ3) is 3.55. The van der Waals surface area contributed by atoms with E-state index in [1.165, 1.54) is 0 Å². The molecule has 1 fully saturated rings. The highest BCUT2D eigenvalue weighted by molar-refractivity contribution is 9.10. The van der Waals surface area contributed by atoms with E-state index in [2.05, 4.69) is 21.2 Å². The second-order valence-corrected chi connectivity index (χ2v) is 6.50. The van der Waals surface area contributed by atoms with Crippen molar-refractivity contribution >= 4 is 21.8 Å². The number of hydrogen-bond donors (Lipinski definition) is 1. The Balaban J connectivity index is 1.66. The zero-order valence-corrected chi connectivity index (χ0v) is 14.1. The van der Waals surface area contributed by atoms with Crippen molar-refractivity contribution in [3.8, 4) is 11.5 Å². The molecule has 0 bridgehead atoms. The molecule has 2 aliphatic rings. The van der Waals surface area contributed by atoms with Crippen LogP contribution in [-0.2, 0) is 9.53 Å². The van der Waals surface area contributed by atoms with Crippen molar-refractivity contribution in [3.05, 3.63) is 22.2 Å². The number of halogens is 1. The van der Waals surface area contributed by atoms with Crippen LogP contribution < -0.4 is 14.8 Å². The summed E-state index contributed by atoms with van der Waals surface area (Å²) in [7, 11) is 0. The number of amides is 1. The van der Waals surface area contributed by atoms with E-state index in [0.29, 0.717) is 19.6 Å². The van der Waals surface area contributed by atoms with Crippen molar-refractivity contribution in [3.63, 3.8) is 0 Å². The zero-order chi connectivity index (χ0) is 15.5. The highest BCUT2D eigenvalue weighted by atomic mass is 79.9. The van der Waals surface area contributed by atoms with Gasteiger partial charge in [-0.05, 0) is 37.5 Å². The van der Waals surface area contributed by atoms with Crippen molar-refractivity contribution in [1.82, 2.24) is 5.32 Å². The average Bonchev–Trinajstić information content (AvgIpc) is 2.99. The SMILES string of the molecule is C[C@H](NC(=O)C[C@H]1CCCO1)c1cc2c(cc1Br)OCCO2. The standard InChI is InChI=1S/C16H20BrNO4/c1-10(18-16(19)7-11-3-2-4-20-11)12-8-14-15(9-13(12)17)22-6-5-21-14/h8-11H,2-7H2,1H3,(H,18,19)/t10-,11+/m0/s1. The van der Waals surface area contributed by atoms with Gasteiger partial charge in [0.2, 0.25) is 5.91 Å². The molecule has 0 spiro atoms. The van der Waals surface area contributed by atoms with Gasteiger partial charge >= 0.3 is 0 Å². The molecule has 1 amide bonds. The van der Waals surface area contributed by atoms with Gasteiger partial charge in [0.25, 0.3) is 0 Å². The molecule has 6 heteroatoms. The maximum Gasteiger partial charge on any atom is 0.223 e. The number of rotatable bonds is 4. The molecular formula is C16H20BrNO4. The number of benzene rings is 1. The van der Waals surface area contributed by atoms with Gasteiger partial charge in [0.15, 0.2) is 11.5 Å². The summed E-state index contributed by atoms with van der Waals surface area (Å²) in [6.45, 7) is 3.84. The first kappa shape index (κ1) is 15.6. The monoisotopic (exact) mass is 369 g/mol. The van der Waals surface area contributed by atoms with Gasteiger partial charge in [0.05, 0.1) is 18.6 Å². The molecule has 2 heterocycles. The third-order valence-corrected chi connectivity index (χ3v) is 4.63. The molecular weight excluding hydrogens is 350 g/mol. The average molecular weight is 370 g/mol. The Labute approximate surface area is 138 Å². The van der Waals surface area contributed by atoms with Crippen LogP contribution in [0.25, 0.3) is 0 Å². The van der Waals surface area contributed by atoms with E-state index < -0.39 is 0 Å². The largest absolute Gasteiger partial charge is 0.486 e. The molecule has 0 aromatic heterocycles. The van der Waals surface area contributed by atoms with E-state index >= 15 is 0 Å². The van der Waals surface area contributed by atoms with Gasteiger partial charge in [-0.25, -0.2) is 0 Å². The fraction of sp³-hybridized carbons (Fsp3) is 0.562. The molecule has 0 radical (unpaired) electrons. The van der Waals surface area contributed by atoms with Crippen molar-refractivity contribution in [2.75, 3.05) is 19.8 Å². The molecule has 0 aliphatic carbocycles. The molecule has 1 N–H and O–H groups in total. The summed E-state index contributed by atoms with van der Waals surface area (Å²) in [6, 6.07) is 3.71. The molecule has 2 atom stereocenters. The van der Waals surface area contributed by atoms with Crippen molar-refractivity contribution in [2.24, 2.45) is 0 Å². The van der Waals surface area contributed by atoms with E-state index in [0.717, 1.165) is 41.0 Å². The summed E-state index contributed by atoms with van der Waals surface area (Å²) in [6.07, 6.45) is 2.50. The van der Waals surface area contributed by atoms with Gasteiger partial charge < -0.3 is 19.5 Å². The van der Waals surface area contributed by atoms with Gasteiger partial charge in [0.1, 0.15) is 13.2 Å². The Hall–Kier alpha value is -1.27. The minimum absolute atomic E-state index is 0.0150. The van der Waals surface area contributed by atoms with Crippen molar-refractivity contribution in [1.29, 1.82) is 0 Å². The van der Waals surface area contributed by atoms with E-state index in [4.69, 9.17) is 14.2 Å². The zero-order valence-electron chi connectivity index (χ0n) is 12.6. The Kier molecular flexibility index (Phi) is 4.88. The lowest BCUT2D eigenvalue weighted by atomic mass is 10.1. The van der Waals surface area contributed by atoms with Crippen molar-refractivity contribution < 1.29 is 19.0 Å². The quantitative estimate of drug-likeness (QED) is 0.886. The minimum Gasteiger partial charge on any atom is -0.486 e. The van der Waals surface area contributed by atoms with E-state index in [9.17, 15) is 4.79 Å². The summed E-state index contributed by atoms with van der Waals surface area (Å²) >= 11 is 3.54. The van der Waals surface area contributed by atoms with E-state index in [1.54, 1.807) is 0 Å². The lowest BCUT2D eigenvalue weighted by Gasteiger charge is -2.22. The van der Waals surface area contributed by atoms with Crippen LogP contribution in [0.1, 0.15) is 37.8 Å². The van der Waals surface area contributed by atoms with Crippen molar-refractivity contribution in [2.45, 2.75) is 38.3 Å². The predicted octanol–water partition coefficient (Wildman–Crippen LogP) is 2.97. The van der Waals surface area contributed by atoms with Crippen LogP contribution in [0, 0.1) is 0 Å². The maximum absolute atomic E-state index is 12.1. The molecule has 3 rings (SSSR count). The molecule has 5 nitrogen and oxygen atoms in total. The van der Waals surface area contributed by atoms with Crippen LogP contribution >= 0.6 is 15.9 Å². The summed E-state index contributed by atoms with van der Waals surface area (Å²) < 4.78 is 17.6. The maximum atomic E-state index is 12.1. The Morgan fingerprint density at radius 2 is 2.05 bits per heavy atom. The number of hydrogen-bond acceptors (Lipinski definition) is 4. The van der Waals surface area contributed by atoms with Crippen LogP contribution in [-0.4, -0.2) is 31.8 Å². The lowest BCUT2D eigenvalue weighted by Crippen LogP contribution is -2.30. The summed E-state index contributed by atoms with van der Waals surface area (Å²) in [4.78, 5) is 12.1. The van der Waals surface area contributed by atoms with Gasteiger partial charge in [0, 0.05) is 11.1 Å². The second-order valence-electron chi connectivity index (χ2n) is 5.65. The lowest BCUT2D eigenvalue weighted by molar-refractivity contribution is -0.123. The Bertz CT molecular complexity index is 557. The third-order valence-electron chi connectivity index (χ3n) is 3.94. The van der Waals surface area contributed by atoms with Gasteiger partial charge in [-0.1, -0.05) is 15.9 Å². The number of fused-ring (bicyclic) bond motifs is 1. The Morgan fingerprint density at radius 1 is 1.32 bits per heavy atom. The predicted molar refractivity (Wildman–Crippen MR) is 85.3 cm³/mol. The number of carbonyl (C=O) groups excluding carboxylic acids is 1. The number of carbonyl (C=O) groups is 1. The molecule has 22 heavy (non-hydrogen) atoms. The van der Waals surface area contributed by atoms with Crippen LogP contribution in [0.15, 0.2) is 16.6 Å². The number of ether oxygens (including phenoxy) is 3. The Morgan fingerprint density at radius 3 is 2.73 bits per heavy atom. The molecule has 0 unspecified atom stereocenters.